The molecule has 20 heavy (non-hydrogen) atoms. The Bertz CT molecular complexity index is 609. The molecule has 0 aliphatic carbocycles. The zero-order chi connectivity index (χ0) is 14.7. The van der Waals surface area contributed by atoms with Crippen molar-refractivity contribution in [3.05, 3.63) is 53.9 Å². The number of nitrogens with one attached hydrogen (secondary N) is 1. The number of benzene rings is 1. The van der Waals surface area contributed by atoms with E-state index in [-0.39, 0.29) is 11.7 Å². The van der Waals surface area contributed by atoms with Crippen LogP contribution < -0.4 is 11.1 Å². The SMILES string of the molecule is C[C@@H](N)C(=O)NC(c1cccc(F)c1)c1nccn1C. The van der Waals surface area contributed by atoms with Crippen LogP contribution >= 0.6 is 0 Å². The predicted molar refractivity (Wildman–Crippen MR) is 73.2 cm³/mol. The fourth-order valence-corrected chi connectivity index (χ4v) is 1.91. The van der Waals surface area contributed by atoms with E-state index in [1.54, 1.807) is 36.0 Å². The van der Waals surface area contributed by atoms with Crippen LogP contribution in [0.1, 0.15) is 24.4 Å². The van der Waals surface area contributed by atoms with Crippen LogP contribution in [0.3, 0.4) is 0 Å². The lowest BCUT2D eigenvalue weighted by molar-refractivity contribution is -0.122. The number of amides is 1. The van der Waals surface area contributed by atoms with Crippen molar-refractivity contribution < 1.29 is 9.18 Å². The number of imidazole rings is 1. The van der Waals surface area contributed by atoms with Gasteiger partial charge in [-0.2, -0.15) is 0 Å². The van der Waals surface area contributed by atoms with Gasteiger partial charge in [-0.05, 0) is 24.6 Å². The fraction of sp³-hybridized carbons (Fsp3) is 0.286. The largest absolute Gasteiger partial charge is 0.341 e. The monoisotopic (exact) mass is 276 g/mol. The molecule has 0 radical (unpaired) electrons. The number of aryl methyl sites for hydroxylation is 1. The maximum absolute atomic E-state index is 13.4. The molecule has 2 rings (SSSR count). The van der Waals surface area contributed by atoms with Crippen molar-refractivity contribution in [1.29, 1.82) is 0 Å². The Morgan fingerprint density at radius 1 is 1.50 bits per heavy atom. The average Bonchev–Trinajstić information content (AvgIpc) is 2.81. The Kier molecular flexibility index (Phi) is 4.14. The summed E-state index contributed by atoms with van der Waals surface area (Å²) in [5.41, 5.74) is 6.19. The lowest BCUT2D eigenvalue weighted by Gasteiger charge is -2.20. The van der Waals surface area contributed by atoms with Gasteiger partial charge in [0, 0.05) is 19.4 Å². The number of aromatic nitrogens is 2. The Morgan fingerprint density at radius 3 is 2.80 bits per heavy atom. The topological polar surface area (TPSA) is 72.9 Å². The highest BCUT2D eigenvalue weighted by Gasteiger charge is 2.22. The number of nitrogens with zero attached hydrogens (tertiary/aromatic N) is 2. The van der Waals surface area contributed by atoms with Gasteiger partial charge in [-0.25, -0.2) is 9.37 Å². The molecule has 2 aromatic rings. The minimum absolute atomic E-state index is 0.317. The Balaban J connectivity index is 2.39. The van der Waals surface area contributed by atoms with E-state index in [1.165, 1.54) is 12.1 Å². The first-order valence-electron chi connectivity index (χ1n) is 6.27. The van der Waals surface area contributed by atoms with Gasteiger partial charge in [0.1, 0.15) is 17.7 Å². The molecule has 1 unspecified atom stereocenters. The molecule has 0 saturated carbocycles. The van der Waals surface area contributed by atoms with E-state index in [9.17, 15) is 9.18 Å². The predicted octanol–water partition coefficient (Wildman–Crippen LogP) is 1.11. The summed E-state index contributed by atoms with van der Waals surface area (Å²) in [6, 6.07) is 4.88. The van der Waals surface area contributed by atoms with Crippen molar-refractivity contribution in [2.75, 3.05) is 0 Å². The number of halogens is 1. The van der Waals surface area contributed by atoms with E-state index in [1.807, 2.05) is 7.05 Å². The van der Waals surface area contributed by atoms with E-state index < -0.39 is 12.1 Å². The summed E-state index contributed by atoms with van der Waals surface area (Å²) >= 11 is 0. The number of hydrogen-bond acceptors (Lipinski definition) is 3. The third-order valence-electron chi connectivity index (χ3n) is 3.00. The molecule has 0 spiro atoms. The van der Waals surface area contributed by atoms with Crippen LogP contribution in [-0.4, -0.2) is 21.5 Å². The molecule has 5 nitrogen and oxygen atoms in total. The third-order valence-corrected chi connectivity index (χ3v) is 3.00. The molecule has 0 aliphatic rings. The van der Waals surface area contributed by atoms with Crippen molar-refractivity contribution >= 4 is 5.91 Å². The van der Waals surface area contributed by atoms with Crippen LogP contribution in [0.15, 0.2) is 36.7 Å². The number of carbonyl (C=O) groups is 1. The van der Waals surface area contributed by atoms with E-state index >= 15 is 0 Å². The zero-order valence-electron chi connectivity index (χ0n) is 11.4. The maximum atomic E-state index is 13.4. The quantitative estimate of drug-likeness (QED) is 0.878. The van der Waals surface area contributed by atoms with Gasteiger partial charge in [-0.1, -0.05) is 12.1 Å². The van der Waals surface area contributed by atoms with E-state index in [0.717, 1.165) is 0 Å². The maximum Gasteiger partial charge on any atom is 0.237 e. The molecule has 1 heterocycles. The minimum atomic E-state index is -0.647. The zero-order valence-corrected chi connectivity index (χ0v) is 11.4. The fourth-order valence-electron chi connectivity index (χ4n) is 1.91. The molecule has 0 fully saturated rings. The molecule has 0 aliphatic heterocycles. The van der Waals surface area contributed by atoms with Crippen LogP contribution in [0.4, 0.5) is 4.39 Å². The number of rotatable bonds is 4. The first-order chi connectivity index (χ1) is 9.49. The highest BCUT2D eigenvalue weighted by molar-refractivity contribution is 5.81. The van der Waals surface area contributed by atoms with Gasteiger partial charge in [-0.15, -0.1) is 0 Å². The smallest absolute Gasteiger partial charge is 0.237 e. The molecule has 106 valence electrons. The standard InChI is InChI=1S/C14H17FN4O/c1-9(16)14(20)18-12(13-17-6-7-19(13)2)10-4-3-5-11(15)8-10/h3-9,12H,16H2,1-2H3,(H,18,20)/t9-,12?/m1/s1. The summed E-state index contributed by atoms with van der Waals surface area (Å²) in [6.45, 7) is 1.59. The average molecular weight is 276 g/mol. The number of hydrogen-bond donors (Lipinski definition) is 2. The molecule has 1 aromatic heterocycles. The second-order valence-electron chi connectivity index (χ2n) is 4.68. The second kappa shape index (κ2) is 5.83. The summed E-state index contributed by atoms with van der Waals surface area (Å²) in [7, 11) is 1.81. The second-order valence-corrected chi connectivity index (χ2v) is 4.68. The molecule has 6 heteroatoms. The molecule has 3 N–H and O–H groups in total. The summed E-state index contributed by atoms with van der Waals surface area (Å²) in [5.74, 6) is -0.0661. The third kappa shape index (κ3) is 3.03. The normalized spacial score (nSPS) is 13.8. The van der Waals surface area contributed by atoms with Gasteiger partial charge < -0.3 is 15.6 Å². The van der Waals surface area contributed by atoms with Crippen molar-refractivity contribution in [3.8, 4) is 0 Å². The Hall–Kier alpha value is -2.21. The summed E-state index contributed by atoms with van der Waals surface area (Å²) in [4.78, 5) is 16.1. The Labute approximate surface area is 116 Å². The van der Waals surface area contributed by atoms with Crippen molar-refractivity contribution in [2.45, 2.75) is 19.0 Å². The van der Waals surface area contributed by atoms with Crippen LogP contribution in [0.2, 0.25) is 0 Å². The molecule has 1 amide bonds. The highest BCUT2D eigenvalue weighted by Crippen LogP contribution is 2.21. The summed E-state index contributed by atoms with van der Waals surface area (Å²) < 4.78 is 15.2. The lowest BCUT2D eigenvalue weighted by atomic mass is 10.1. The summed E-state index contributed by atoms with van der Waals surface area (Å²) in [6.07, 6.45) is 3.39. The molecular weight excluding hydrogens is 259 g/mol. The van der Waals surface area contributed by atoms with Gasteiger partial charge in [0.05, 0.1) is 6.04 Å². The van der Waals surface area contributed by atoms with E-state index in [0.29, 0.717) is 11.4 Å². The summed E-state index contributed by atoms with van der Waals surface area (Å²) in [5, 5.41) is 2.79. The van der Waals surface area contributed by atoms with Crippen molar-refractivity contribution in [1.82, 2.24) is 14.9 Å². The highest BCUT2D eigenvalue weighted by atomic mass is 19.1. The van der Waals surface area contributed by atoms with Crippen LogP contribution in [0.5, 0.6) is 0 Å². The van der Waals surface area contributed by atoms with Crippen molar-refractivity contribution in [2.24, 2.45) is 12.8 Å². The molecular formula is C14H17FN4O. The van der Waals surface area contributed by atoms with Gasteiger partial charge in [0.15, 0.2) is 0 Å². The van der Waals surface area contributed by atoms with E-state index in [4.69, 9.17) is 5.73 Å². The van der Waals surface area contributed by atoms with Gasteiger partial charge >= 0.3 is 0 Å². The molecule has 1 aromatic carbocycles. The van der Waals surface area contributed by atoms with Crippen LogP contribution in [-0.2, 0) is 11.8 Å². The van der Waals surface area contributed by atoms with Crippen molar-refractivity contribution in [3.63, 3.8) is 0 Å². The molecule has 0 saturated heterocycles. The van der Waals surface area contributed by atoms with Crippen LogP contribution in [0, 0.1) is 5.82 Å². The minimum Gasteiger partial charge on any atom is -0.341 e. The molecule has 2 atom stereocenters. The first kappa shape index (κ1) is 14.2. The van der Waals surface area contributed by atoms with Crippen LogP contribution in [0.25, 0.3) is 0 Å². The van der Waals surface area contributed by atoms with Gasteiger partial charge in [0.25, 0.3) is 0 Å². The van der Waals surface area contributed by atoms with Gasteiger partial charge in [0.2, 0.25) is 5.91 Å². The Morgan fingerprint density at radius 2 is 2.25 bits per heavy atom. The number of carbonyl (C=O) groups excluding carboxylic acids is 1. The lowest BCUT2D eigenvalue weighted by Crippen LogP contribution is -2.41. The van der Waals surface area contributed by atoms with E-state index in [2.05, 4.69) is 10.3 Å². The first-order valence-corrected chi connectivity index (χ1v) is 6.27. The number of nitrogens with two attached hydrogens (primary N) is 1. The van der Waals surface area contributed by atoms with Gasteiger partial charge in [-0.3, -0.25) is 4.79 Å². The molecule has 0 bridgehead atoms.